The van der Waals surface area contributed by atoms with Crippen molar-refractivity contribution in [2.24, 2.45) is 0 Å². The first-order chi connectivity index (χ1) is 12.4. The number of nitrogens with zero attached hydrogens (tertiary/aromatic N) is 3. The van der Waals surface area contributed by atoms with Gasteiger partial charge in [-0.15, -0.1) is 0 Å². The Morgan fingerprint density at radius 2 is 1.77 bits per heavy atom. The Morgan fingerprint density at radius 1 is 1.04 bits per heavy atom. The van der Waals surface area contributed by atoms with E-state index in [2.05, 4.69) is 15.4 Å². The average molecular weight is 377 g/mol. The Kier molecular flexibility index (Phi) is 3.96. The molecule has 0 aliphatic carbocycles. The van der Waals surface area contributed by atoms with Crippen molar-refractivity contribution in [3.05, 3.63) is 82.6 Å². The third-order valence-corrected chi connectivity index (χ3v) is 4.50. The number of anilines is 1. The molecule has 1 N–H and O–H groups in total. The molecule has 1 aliphatic heterocycles. The minimum atomic E-state index is -4.37. The van der Waals surface area contributed by atoms with Crippen LogP contribution in [0.4, 0.5) is 19.1 Å². The zero-order valence-corrected chi connectivity index (χ0v) is 14.0. The van der Waals surface area contributed by atoms with Crippen molar-refractivity contribution in [2.75, 3.05) is 5.32 Å². The Bertz CT molecular complexity index is 977. The molecule has 1 aliphatic rings. The van der Waals surface area contributed by atoms with E-state index in [4.69, 9.17) is 11.6 Å². The largest absolute Gasteiger partial charge is 0.416 e. The number of nitrogens with one attached hydrogen (secondary N) is 1. The molecule has 0 amide bonds. The zero-order chi connectivity index (χ0) is 18.3. The second-order valence-electron chi connectivity index (χ2n) is 5.78. The molecule has 1 atom stereocenters. The molecule has 0 bridgehead atoms. The maximum absolute atomic E-state index is 12.8. The maximum Gasteiger partial charge on any atom is 0.416 e. The van der Waals surface area contributed by atoms with Crippen LogP contribution in [0.5, 0.6) is 0 Å². The van der Waals surface area contributed by atoms with Gasteiger partial charge in [-0.3, -0.25) is 0 Å². The number of alkyl halides is 3. The van der Waals surface area contributed by atoms with E-state index >= 15 is 0 Å². The van der Waals surface area contributed by atoms with Gasteiger partial charge in [0.1, 0.15) is 12.4 Å². The maximum atomic E-state index is 12.8. The normalized spacial score (nSPS) is 16.6. The van der Waals surface area contributed by atoms with E-state index in [0.717, 1.165) is 17.7 Å². The lowest BCUT2D eigenvalue weighted by molar-refractivity contribution is -0.137. The fourth-order valence-electron chi connectivity index (χ4n) is 2.88. The summed E-state index contributed by atoms with van der Waals surface area (Å²) >= 11 is 6.32. The second kappa shape index (κ2) is 6.17. The van der Waals surface area contributed by atoms with E-state index in [-0.39, 0.29) is 6.04 Å². The molecule has 0 spiro atoms. The van der Waals surface area contributed by atoms with Crippen LogP contribution < -0.4 is 5.32 Å². The van der Waals surface area contributed by atoms with E-state index in [1.807, 2.05) is 24.3 Å². The molecule has 2 aromatic carbocycles. The van der Waals surface area contributed by atoms with Gasteiger partial charge in [0, 0.05) is 10.7 Å². The van der Waals surface area contributed by atoms with Gasteiger partial charge in [-0.2, -0.15) is 23.3 Å². The molecule has 4 nitrogen and oxygen atoms in total. The lowest BCUT2D eigenvalue weighted by Gasteiger charge is -2.25. The SMILES string of the molecule is FC(F)(F)c1ccc(C2=CC(c3ccccc3Cl)n3ncnc3N2)cc1. The van der Waals surface area contributed by atoms with Crippen molar-refractivity contribution >= 4 is 23.2 Å². The van der Waals surface area contributed by atoms with Gasteiger partial charge in [0.2, 0.25) is 5.95 Å². The number of allylic oxidation sites excluding steroid dienone is 1. The lowest BCUT2D eigenvalue weighted by atomic mass is 10.0. The Balaban J connectivity index is 1.77. The second-order valence-corrected chi connectivity index (χ2v) is 6.18. The molecule has 0 saturated heterocycles. The van der Waals surface area contributed by atoms with E-state index in [1.54, 1.807) is 10.7 Å². The van der Waals surface area contributed by atoms with Gasteiger partial charge in [-0.25, -0.2) is 4.68 Å². The molecule has 4 rings (SSSR count). The van der Waals surface area contributed by atoms with Gasteiger partial charge in [-0.05, 0) is 35.4 Å². The quantitative estimate of drug-likeness (QED) is 0.684. The van der Waals surface area contributed by atoms with Crippen molar-refractivity contribution in [2.45, 2.75) is 12.2 Å². The highest BCUT2D eigenvalue weighted by molar-refractivity contribution is 6.31. The topological polar surface area (TPSA) is 42.7 Å². The number of fused-ring (bicyclic) bond motifs is 1. The van der Waals surface area contributed by atoms with Gasteiger partial charge in [0.25, 0.3) is 0 Å². The van der Waals surface area contributed by atoms with Crippen LogP contribution in [0.15, 0.2) is 60.9 Å². The van der Waals surface area contributed by atoms with E-state index in [0.29, 0.717) is 22.2 Å². The number of hydrogen-bond acceptors (Lipinski definition) is 3. The highest BCUT2D eigenvalue weighted by Crippen LogP contribution is 2.36. The summed E-state index contributed by atoms with van der Waals surface area (Å²) in [7, 11) is 0. The summed E-state index contributed by atoms with van der Waals surface area (Å²) in [4.78, 5) is 4.17. The third kappa shape index (κ3) is 2.94. The predicted molar refractivity (Wildman–Crippen MR) is 92.7 cm³/mol. The molecule has 0 saturated carbocycles. The van der Waals surface area contributed by atoms with Crippen molar-refractivity contribution < 1.29 is 13.2 Å². The molecule has 2 heterocycles. The number of benzene rings is 2. The fourth-order valence-corrected chi connectivity index (χ4v) is 3.12. The van der Waals surface area contributed by atoms with Crippen LogP contribution in [-0.2, 0) is 6.18 Å². The highest BCUT2D eigenvalue weighted by atomic mass is 35.5. The molecular weight excluding hydrogens is 365 g/mol. The van der Waals surface area contributed by atoms with Crippen molar-refractivity contribution in [1.82, 2.24) is 14.8 Å². The van der Waals surface area contributed by atoms with Crippen molar-refractivity contribution in [1.29, 1.82) is 0 Å². The predicted octanol–water partition coefficient (Wildman–Crippen LogP) is 5.01. The van der Waals surface area contributed by atoms with E-state index in [1.165, 1.54) is 18.5 Å². The minimum absolute atomic E-state index is 0.320. The summed E-state index contributed by atoms with van der Waals surface area (Å²) in [6.07, 6.45) is -1.09. The first kappa shape index (κ1) is 16.7. The molecule has 1 unspecified atom stereocenters. The van der Waals surface area contributed by atoms with Crippen LogP contribution in [0.3, 0.4) is 0 Å². The van der Waals surface area contributed by atoms with Gasteiger partial charge in [-0.1, -0.05) is 41.9 Å². The monoisotopic (exact) mass is 376 g/mol. The Labute approximate surface area is 151 Å². The number of rotatable bonds is 2. The van der Waals surface area contributed by atoms with Crippen LogP contribution in [0.1, 0.15) is 22.7 Å². The third-order valence-electron chi connectivity index (χ3n) is 4.15. The first-order valence-corrected chi connectivity index (χ1v) is 8.12. The van der Waals surface area contributed by atoms with E-state index < -0.39 is 11.7 Å². The smallest absolute Gasteiger partial charge is 0.324 e. The number of halogens is 4. The van der Waals surface area contributed by atoms with Crippen LogP contribution in [-0.4, -0.2) is 14.8 Å². The summed E-state index contributed by atoms with van der Waals surface area (Å²) in [5.41, 5.74) is 1.39. The van der Waals surface area contributed by atoms with Crippen molar-refractivity contribution in [3.8, 4) is 0 Å². The molecule has 0 fully saturated rings. The molecule has 0 radical (unpaired) electrons. The molecular formula is C18H12ClF3N4. The minimum Gasteiger partial charge on any atom is -0.324 e. The molecule has 26 heavy (non-hydrogen) atoms. The summed E-state index contributed by atoms with van der Waals surface area (Å²) < 4.78 is 40.0. The Morgan fingerprint density at radius 3 is 2.46 bits per heavy atom. The molecule has 1 aromatic heterocycles. The summed E-state index contributed by atoms with van der Waals surface area (Å²) in [5, 5.41) is 7.89. The highest BCUT2D eigenvalue weighted by Gasteiger charge is 2.30. The van der Waals surface area contributed by atoms with Crippen LogP contribution in [0, 0.1) is 0 Å². The van der Waals surface area contributed by atoms with E-state index in [9.17, 15) is 13.2 Å². The van der Waals surface area contributed by atoms with Gasteiger partial charge >= 0.3 is 6.18 Å². The summed E-state index contributed by atoms with van der Waals surface area (Å²) in [5.74, 6) is 0.493. The van der Waals surface area contributed by atoms with Gasteiger partial charge in [0.15, 0.2) is 0 Å². The molecule has 8 heteroatoms. The van der Waals surface area contributed by atoms with Crippen LogP contribution >= 0.6 is 11.6 Å². The number of hydrogen-bond donors (Lipinski definition) is 1. The summed E-state index contributed by atoms with van der Waals surface area (Å²) in [6.45, 7) is 0. The zero-order valence-electron chi connectivity index (χ0n) is 13.2. The van der Waals surface area contributed by atoms with Crippen LogP contribution in [0.2, 0.25) is 5.02 Å². The average Bonchev–Trinajstić information content (AvgIpc) is 3.09. The molecule has 3 aromatic rings. The lowest BCUT2D eigenvalue weighted by Crippen LogP contribution is -2.20. The van der Waals surface area contributed by atoms with Gasteiger partial charge < -0.3 is 5.32 Å². The van der Waals surface area contributed by atoms with Crippen LogP contribution in [0.25, 0.3) is 5.70 Å². The first-order valence-electron chi connectivity index (χ1n) is 7.74. The van der Waals surface area contributed by atoms with Gasteiger partial charge in [0.05, 0.1) is 5.56 Å². The standard InChI is InChI=1S/C18H12ClF3N4/c19-14-4-2-1-3-13(14)16-9-15(25-17-23-10-24-26(16)17)11-5-7-12(8-6-11)18(20,21)22/h1-10,16H,(H,23,24,25). The number of aromatic nitrogens is 3. The molecule has 132 valence electrons. The Hall–Kier alpha value is -2.80. The van der Waals surface area contributed by atoms with Crippen molar-refractivity contribution in [3.63, 3.8) is 0 Å². The fraction of sp³-hybridized carbons (Fsp3) is 0.111. The summed E-state index contributed by atoms with van der Waals surface area (Å²) in [6, 6.07) is 12.0.